The number of hydrogen-bond donors (Lipinski definition) is 2. The van der Waals surface area contributed by atoms with Crippen LogP contribution in [0.25, 0.3) is 0 Å². The van der Waals surface area contributed by atoms with Crippen molar-refractivity contribution in [2.24, 2.45) is 5.92 Å². The van der Waals surface area contributed by atoms with E-state index in [0.29, 0.717) is 18.5 Å². The van der Waals surface area contributed by atoms with Gasteiger partial charge in [-0.15, -0.1) is 0 Å². The summed E-state index contributed by atoms with van der Waals surface area (Å²) in [5.41, 5.74) is 0. The fraction of sp³-hybridized carbons (Fsp3) is 1.00. The van der Waals surface area contributed by atoms with E-state index in [2.05, 4.69) is 28.8 Å². The van der Waals surface area contributed by atoms with Gasteiger partial charge in [0.15, 0.2) is 0 Å². The molecule has 2 heterocycles. The van der Waals surface area contributed by atoms with Crippen LogP contribution in [0.5, 0.6) is 0 Å². The number of rotatable bonds is 5. The van der Waals surface area contributed by atoms with Gasteiger partial charge in [0, 0.05) is 12.6 Å². The van der Waals surface area contributed by atoms with E-state index in [9.17, 15) is 8.42 Å². The Labute approximate surface area is 123 Å². The first-order chi connectivity index (χ1) is 9.49. The van der Waals surface area contributed by atoms with Crippen LogP contribution in [0.2, 0.25) is 0 Å². The van der Waals surface area contributed by atoms with Gasteiger partial charge in [-0.3, -0.25) is 0 Å². The summed E-state index contributed by atoms with van der Waals surface area (Å²) in [6.45, 7) is 9.07. The van der Waals surface area contributed by atoms with Crippen LogP contribution in [0.3, 0.4) is 0 Å². The minimum atomic E-state index is -3.11. The number of sulfonamides is 1. The van der Waals surface area contributed by atoms with E-state index in [-0.39, 0.29) is 5.25 Å². The number of nitrogens with zero attached hydrogens (tertiary/aromatic N) is 1. The molecule has 2 rings (SSSR count). The largest absolute Gasteiger partial charge is 0.345 e. The van der Waals surface area contributed by atoms with Crippen molar-refractivity contribution in [3.63, 3.8) is 0 Å². The molecule has 6 heteroatoms. The number of quaternary nitrogens is 1. The maximum absolute atomic E-state index is 12.3. The average Bonchev–Trinajstić information content (AvgIpc) is 2.46. The minimum Gasteiger partial charge on any atom is -0.345 e. The molecule has 5 nitrogen and oxygen atoms in total. The summed E-state index contributed by atoms with van der Waals surface area (Å²) in [4.78, 5) is 2.47. The first-order valence-electron chi connectivity index (χ1n) is 8.03. The Morgan fingerprint density at radius 3 is 2.50 bits per heavy atom. The molecule has 0 aromatic carbocycles. The first-order valence-corrected chi connectivity index (χ1v) is 9.58. The summed E-state index contributed by atoms with van der Waals surface area (Å²) in [7, 11) is -3.11. The van der Waals surface area contributed by atoms with Crippen LogP contribution < -0.4 is 10.0 Å². The monoisotopic (exact) mass is 304 g/mol. The molecule has 0 aromatic rings. The molecule has 0 aromatic heterocycles. The van der Waals surface area contributed by atoms with Crippen molar-refractivity contribution in [1.82, 2.24) is 9.62 Å². The third kappa shape index (κ3) is 4.41. The second-order valence-electron chi connectivity index (χ2n) is 6.54. The molecule has 0 aliphatic carbocycles. The molecular weight excluding hydrogens is 274 g/mol. The highest BCUT2D eigenvalue weighted by atomic mass is 32.2. The molecule has 0 amide bonds. The van der Waals surface area contributed by atoms with Gasteiger partial charge in [-0.1, -0.05) is 0 Å². The number of hydrogen-bond acceptors (Lipinski definition) is 3. The van der Waals surface area contributed by atoms with Crippen LogP contribution in [-0.4, -0.2) is 57.3 Å². The van der Waals surface area contributed by atoms with Crippen molar-refractivity contribution in [3.05, 3.63) is 0 Å². The van der Waals surface area contributed by atoms with Crippen molar-refractivity contribution in [3.8, 4) is 0 Å². The zero-order valence-electron chi connectivity index (χ0n) is 12.8. The Morgan fingerprint density at radius 2 is 1.95 bits per heavy atom. The Bertz CT molecular complexity index is 383. The predicted octanol–water partition coefficient (Wildman–Crippen LogP) is -0.248. The average molecular weight is 304 g/mol. The molecule has 2 fully saturated rings. The minimum absolute atomic E-state index is 0.188. The van der Waals surface area contributed by atoms with Gasteiger partial charge in [0.1, 0.15) is 5.25 Å². The molecule has 118 valence electrons. The smallest absolute Gasteiger partial charge is 0.220 e. The SMILES string of the molecule is CC(C)N1CCC(CNS(=O)(=O)C2CCC[NH2+]C2)CC1. The quantitative estimate of drug-likeness (QED) is 0.736. The van der Waals surface area contributed by atoms with E-state index in [1.807, 2.05) is 0 Å². The summed E-state index contributed by atoms with van der Waals surface area (Å²) >= 11 is 0. The summed E-state index contributed by atoms with van der Waals surface area (Å²) in [5, 5.41) is 1.93. The molecule has 1 unspecified atom stereocenters. The zero-order chi connectivity index (χ0) is 14.6. The number of nitrogens with two attached hydrogens (primary N) is 1. The van der Waals surface area contributed by atoms with E-state index >= 15 is 0 Å². The Hall–Kier alpha value is -0.170. The van der Waals surface area contributed by atoms with E-state index in [1.54, 1.807) is 0 Å². The van der Waals surface area contributed by atoms with Gasteiger partial charge >= 0.3 is 0 Å². The van der Waals surface area contributed by atoms with Crippen LogP contribution in [0.1, 0.15) is 39.5 Å². The lowest BCUT2D eigenvalue weighted by atomic mass is 9.96. The lowest BCUT2D eigenvalue weighted by molar-refractivity contribution is -0.661. The van der Waals surface area contributed by atoms with Gasteiger partial charge in [-0.05, 0) is 58.5 Å². The maximum atomic E-state index is 12.3. The molecule has 20 heavy (non-hydrogen) atoms. The summed E-state index contributed by atoms with van der Waals surface area (Å²) in [6, 6.07) is 0.602. The van der Waals surface area contributed by atoms with Crippen LogP contribution in [0.15, 0.2) is 0 Å². The van der Waals surface area contributed by atoms with Crippen molar-refractivity contribution in [1.29, 1.82) is 0 Å². The molecule has 0 bridgehead atoms. The molecular formula is C14H30N3O2S+. The van der Waals surface area contributed by atoms with Crippen LogP contribution in [0, 0.1) is 5.92 Å². The third-order valence-corrected chi connectivity index (χ3v) is 6.63. The van der Waals surface area contributed by atoms with Crippen molar-refractivity contribution < 1.29 is 13.7 Å². The fourth-order valence-corrected chi connectivity index (χ4v) is 4.79. The van der Waals surface area contributed by atoms with Crippen molar-refractivity contribution in [2.75, 3.05) is 32.7 Å². The molecule has 0 saturated carbocycles. The molecule has 2 aliphatic rings. The fourth-order valence-electron chi connectivity index (χ4n) is 3.22. The molecule has 0 spiro atoms. The molecule has 2 saturated heterocycles. The number of nitrogens with one attached hydrogen (secondary N) is 1. The summed E-state index contributed by atoms with van der Waals surface area (Å²) in [6.07, 6.45) is 4.05. The third-order valence-electron chi connectivity index (χ3n) is 4.76. The van der Waals surface area contributed by atoms with E-state index in [1.165, 1.54) is 0 Å². The summed E-state index contributed by atoms with van der Waals surface area (Å²) < 4.78 is 27.4. The van der Waals surface area contributed by atoms with Gasteiger partial charge in [-0.2, -0.15) is 0 Å². The van der Waals surface area contributed by atoms with Gasteiger partial charge in [-0.25, -0.2) is 13.1 Å². The van der Waals surface area contributed by atoms with Gasteiger partial charge < -0.3 is 10.2 Å². The van der Waals surface area contributed by atoms with Crippen molar-refractivity contribution >= 4 is 10.0 Å². The number of piperidine rings is 2. The van der Waals surface area contributed by atoms with Gasteiger partial charge in [0.2, 0.25) is 10.0 Å². The maximum Gasteiger partial charge on any atom is 0.220 e. The Morgan fingerprint density at radius 1 is 1.25 bits per heavy atom. The van der Waals surface area contributed by atoms with Gasteiger partial charge in [0.25, 0.3) is 0 Å². The van der Waals surface area contributed by atoms with Gasteiger partial charge in [0.05, 0.1) is 13.1 Å². The van der Waals surface area contributed by atoms with Crippen LogP contribution in [0.4, 0.5) is 0 Å². The standard InChI is InChI=1S/C14H29N3O2S/c1-12(2)17-8-5-13(6-9-17)10-16-20(18,19)14-4-3-7-15-11-14/h12-16H,3-11H2,1-2H3/p+1. The molecule has 1 atom stereocenters. The topological polar surface area (TPSA) is 66.0 Å². The number of likely N-dealkylation sites (tertiary alicyclic amines) is 1. The van der Waals surface area contributed by atoms with Crippen molar-refractivity contribution in [2.45, 2.75) is 50.8 Å². The Kier molecular flexibility index (Phi) is 5.84. The van der Waals surface area contributed by atoms with E-state index in [4.69, 9.17) is 0 Å². The highest BCUT2D eigenvalue weighted by Gasteiger charge is 2.30. The molecule has 0 radical (unpaired) electrons. The first kappa shape index (κ1) is 16.2. The lowest BCUT2D eigenvalue weighted by Crippen LogP contribution is -2.88. The molecule has 2 aliphatic heterocycles. The second-order valence-corrected chi connectivity index (χ2v) is 8.59. The van der Waals surface area contributed by atoms with Crippen LogP contribution >= 0.6 is 0 Å². The normalized spacial score (nSPS) is 27.1. The van der Waals surface area contributed by atoms with E-state index in [0.717, 1.165) is 51.9 Å². The Balaban J connectivity index is 1.75. The molecule has 3 N–H and O–H groups in total. The highest BCUT2D eigenvalue weighted by molar-refractivity contribution is 7.90. The summed E-state index contributed by atoms with van der Waals surface area (Å²) in [5.74, 6) is 0.507. The zero-order valence-corrected chi connectivity index (χ0v) is 13.7. The second kappa shape index (κ2) is 7.20. The van der Waals surface area contributed by atoms with Crippen LogP contribution in [-0.2, 0) is 10.0 Å². The van der Waals surface area contributed by atoms with E-state index < -0.39 is 10.0 Å². The lowest BCUT2D eigenvalue weighted by Gasteiger charge is -2.34. The highest BCUT2D eigenvalue weighted by Crippen LogP contribution is 2.19. The predicted molar refractivity (Wildman–Crippen MR) is 81.0 cm³/mol.